The maximum absolute atomic E-state index is 5.35. The molecular weight excluding hydrogens is 98.1 g/mol. The number of hydrogen-bond donors (Lipinski definition) is 1. The molecule has 44 valence electrons. The molecule has 0 aliphatic heterocycles. The lowest BCUT2D eigenvalue weighted by atomic mass is 10.4. The fourth-order valence-corrected chi connectivity index (χ4v) is 0.275. The Morgan fingerprint density at radius 2 is 2.25 bits per heavy atom. The van der Waals surface area contributed by atoms with Crippen LogP contribution in [0.25, 0.3) is 0 Å². The van der Waals surface area contributed by atoms with Crippen molar-refractivity contribution in [1.82, 2.24) is 0 Å². The smallest absolute Gasteiger partial charge is 0.0307 e. The quantitative estimate of drug-likeness (QED) is 0.535. The SMILES string of the molecule is C=C/C(N)=C\C=C\C. The van der Waals surface area contributed by atoms with Gasteiger partial charge >= 0.3 is 0 Å². The van der Waals surface area contributed by atoms with Crippen LogP contribution in [0.3, 0.4) is 0 Å². The van der Waals surface area contributed by atoms with Gasteiger partial charge in [0.2, 0.25) is 0 Å². The van der Waals surface area contributed by atoms with Crippen LogP contribution in [0, 0.1) is 0 Å². The van der Waals surface area contributed by atoms with Crippen molar-refractivity contribution in [3.05, 3.63) is 36.6 Å². The molecule has 2 N–H and O–H groups in total. The molecule has 0 unspecified atom stereocenters. The van der Waals surface area contributed by atoms with Gasteiger partial charge in [-0.1, -0.05) is 18.7 Å². The normalized spacial score (nSPS) is 12.4. The summed E-state index contributed by atoms with van der Waals surface area (Å²) in [4.78, 5) is 0. The van der Waals surface area contributed by atoms with Crippen LogP contribution in [0.2, 0.25) is 0 Å². The van der Waals surface area contributed by atoms with Gasteiger partial charge in [0.05, 0.1) is 0 Å². The minimum absolute atomic E-state index is 0.697. The summed E-state index contributed by atoms with van der Waals surface area (Å²) in [6, 6.07) is 0. The number of hydrogen-bond acceptors (Lipinski definition) is 1. The molecule has 0 saturated carbocycles. The molecule has 0 atom stereocenters. The third kappa shape index (κ3) is 3.22. The Hall–Kier alpha value is -0.980. The Balaban J connectivity index is 3.74. The third-order valence-corrected chi connectivity index (χ3v) is 0.717. The van der Waals surface area contributed by atoms with Gasteiger partial charge in [-0.25, -0.2) is 0 Å². The van der Waals surface area contributed by atoms with E-state index in [-0.39, 0.29) is 0 Å². The minimum Gasteiger partial charge on any atom is -0.399 e. The highest BCUT2D eigenvalue weighted by atomic mass is 14.5. The first-order valence-corrected chi connectivity index (χ1v) is 2.52. The first-order chi connectivity index (χ1) is 3.81. The molecule has 0 fully saturated rings. The highest BCUT2D eigenvalue weighted by Gasteiger charge is 1.70. The number of rotatable bonds is 2. The van der Waals surface area contributed by atoms with Crippen molar-refractivity contribution < 1.29 is 0 Å². The molecule has 0 aliphatic rings. The van der Waals surface area contributed by atoms with Crippen LogP contribution in [0.15, 0.2) is 36.6 Å². The zero-order valence-electron chi connectivity index (χ0n) is 5.09. The summed E-state index contributed by atoms with van der Waals surface area (Å²) in [7, 11) is 0. The molecule has 0 spiro atoms. The molecule has 0 rings (SSSR count). The van der Waals surface area contributed by atoms with Crippen molar-refractivity contribution in [3.8, 4) is 0 Å². The maximum Gasteiger partial charge on any atom is 0.0307 e. The average molecular weight is 109 g/mol. The fraction of sp³-hybridized carbons (Fsp3) is 0.143. The van der Waals surface area contributed by atoms with E-state index < -0.39 is 0 Å². The van der Waals surface area contributed by atoms with Crippen molar-refractivity contribution in [2.75, 3.05) is 0 Å². The van der Waals surface area contributed by atoms with E-state index >= 15 is 0 Å². The molecular formula is C7H11N. The zero-order valence-corrected chi connectivity index (χ0v) is 5.09. The molecule has 0 bridgehead atoms. The van der Waals surface area contributed by atoms with Crippen LogP contribution in [0.1, 0.15) is 6.92 Å². The second-order valence-corrected chi connectivity index (χ2v) is 1.40. The van der Waals surface area contributed by atoms with E-state index in [0.717, 1.165) is 0 Å². The third-order valence-electron chi connectivity index (χ3n) is 0.717. The Bertz CT molecular complexity index is 120. The molecule has 0 aromatic rings. The summed E-state index contributed by atoms with van der Waals surface area (Å²) in [6.07, 6.45) is 7.19. The predicted molar refractivity (Wildman–Crippen MR) is 37.3 cm³/mol. The van der Waals surface area contributed by atoms with Gasteiger partial charge in [0.25, 0.3) is 0 Å². The molecule has 0 radical (unpaired) electrons. The van der Waals surface area contributed by atoms with E-state index in [1.54, 1.807) is 12.2 Å². The molecule has 0 aromatic heterocycles. The summed E-state index contributed by atoms with van der Waals surface area (Å²) in [5.74, 6) is 0. The molecule has 0 saturated heterocycles. The molecule has 0 amide bonds. The van der Waals surface area contributed by atoms with Gasteiger partial charge in [-0.15, -0.1) is 0 Å². The molecule has 1 nitrogen and oxygen atoms in total. The fourth-order valence-electron chi connectivity index (χ4n) is 0.275. The van der Waals surface area contributed by atoms with Gasteiger partial charge < -0.3 is 5.73 Å². The second kappa shape index (κ2) is 4.19. The van der Waals surface area contributed by atoms with Gasteiger partial charge in [0, 0.05) is 5.70 Å². The van der Waals surface area contributed by atoms with Crippen LogP contribution in [0.4, 0.5) is 0 Å². The Labute approximate surface area is 50.2 Å². The topological polar surface area (TPSA) is 26.0 Å². The van der Waals surface area contributed by atoms with E-state index in [1.807, 2.05) is 19.1 Å². The van der Waals surface area contributed by atoms with Gasteiger partial charge in [0.1, 0.15) is 0 Å². The predicted octanol–water partition coefficient (Wildman–Crippen LogP) is 1.59. The lowest BCUT2D eigenvalue weighted by molar-refractivity contribution is 1.43. The number of allylic oxidation sites excluding steroid dienone is 4. The Kier molecular flexibility index (Phi) is 3.67. The van der Waals surface area contributed by atoms with Crippen molar-refractivity contribution in [1.29, 1.82) is 0 Å². The summed E-state index contributed by atoms with van der Waals surface area (Å²) < 4.78 is 0. The largest absolute Gasteiger partial charge is 0.399 e. The van der Waals surface area contributed by atoms with Crippen LogP contribution in [-0.4, -0.2) is 0 Å². The zero-order chi connectivity index (χ0) is 6.41. The monoisotopic (exact) mass is 109 g/mol. The van der Waals surface area contributed by atoms with Crippen LogP contribution in [-0.2, 0) is 0 Å². The first kappa shape index (κ1) is 7.02. The molecule has 1 heteroatoms. The molecule has 0 aromatic carbocycles. The van der Waals surface area contributed by atoms with E-state index in [2.05, 4.69) is 6.58 Å². The lowest BCUT2D eigenvalue weighted by Crippen LogP contribution is -1.89. The van der Waals surface area contributed by atoms with E-state index in [0.29, 0.717) is 5.70 Å². The van der Waals surface area contributed by atoms with Gasteiger partial charge in [-0.05, 0) is 19.1 Å². The summed E-state index contributed by atoms with van der Waals surface area (Å²) >= 11 is 0. The van der Waals surface area contributed by atoms with E-state index in [9.17, 15) is 0 Å². The summed E-state index contributed by atoms with van der Waals surface area (Å²) in [6.45, 7) is 5.42. The minimum atomic E-state index is 0.697. The lowest BCUT2D eigenvalue weighted by Gasteiger charge is -1.82. The molecule has 8 heavy (non-hydrogen) atoms. The van der Waals surface area contributed by atoms with Gasteiger partial charge in [-0.2, -0.15) is 0 Å². The van der Waals surface area contributed by atoms with Crippen LogP contribution >= 0.6 is 0 Å². The molecule has 0 heterocycles. The second-order valence-electron chi connectivity index (χ2n) is 1.40. The Morgan fingerprint density at radius 1 is 1.62 bits per heavy atom. The van der Waals surface area contributed by atoms with Crippen molar-refractivity contribution in [3.63, 3.8) is 0 Å². The maximum atomic E-state index is 5.35. The first-order valence-electron chi connectivity index (χ1n) is 2.52. The van der Waals surface area contributed by atoms with E-state index in [1.165, 1.54) is 0 Å². The average Bonchev–Trinajstić information content (AvgIpc) is 1.83. The Morgan fingerprint density at radius 3 is 2.62 bits per heavy atom. The van der Waals surface area contributed by atoms with E-state index in [4.69, 9.17) is 5.73 Å². The van der Waals surface area contributed by atoms with Crippen molar-refractivity contribution in [2.45, 2.75) is 6.92 Å². The standard InChI is InChI=1S/C7H11N/c1-3-5-6-7(8)4-2/h3-6H,2,8H2,1H3/b5-3+,7-6+. The van der Waals surface area contributed by atoms with Gasteiger partial charge in [0.15, 0.2) is 0 Å². The highest BCUT2D eigenvalue weighted by molar-refractivity contribution is 5.17. The van der Waals surface area contributed by atoms with Crippen molar-refractivity contribution in [2.24, 2.45) is 5.73 Å². The highest BCUT2D eigenvalue weighted by Crippen LogP contribution is 1.83. The van der Waals surface area contributed by atoms with Crippen molar-refractivity contribution >= 4 is 0 Å². The summed E-state index contributed by atoms with van der Waals surface area (Å²) in [5, 5.41) is 0. The van der Waals surface area contributed by atoms with Gasteiger partial charge in [-0.3, -0.25) is 0 Å². The summed E-state index contributed by atoms with van der Waals surface area (Å²) in [5.41, 5.74) is 6.05. The number of nitrogens with two attached hydrogens (primary N) is 1. The van der Waals surface area contributed by atoms with Crippen LogP contribution < -0.4 is 5.73 Å². The van der Waals surface area contributed by atoms with Crippen LogP contribution in [0.5, 0.6) is 0 Å². The molecule has 0 aliphatic carbocycles.